The van der Waals surface area contributed by atoms with Crippen LogP contribution in [0.5, 0.6) is 0 Å². The van der Waals surface area contributed by atoms with Crippen LogP contribution in [0.25, 0.3) is 0 Å². The molecule has 1 saturated heterocycles. The van der Waals surface area contributed by atoms with Crippen LogP contribution in [-0.4, -0.2) is 54.0 Å². The summed E-state index contributed by atoms with van der Waals surface area (Å²) in [6.07, 6.45) is 5.75. The molecule has 1 saturated carbocycles. The number of piperidine rings is 1. The molecule has 5 nitrogen and oxygen atoms in total. The lowest BCUT2D eigenvalue weighted by Crippen LogP contribution is -2.43. The van der Waals surface area contributed by atoms with E-state index in [9.17, 15) is 13.6 Å². The first kappa shape index (κ1) is 18.8. The molecule has 2 N–H and O–H groups in total. The van der Waals surface area contributed by atoms with Gasteiger partial charge in [-0.15, -0.1) is 0 Å². The number of hydrogen-bond acceptors (Lipinski definition) is 5. The summed E-state index contributed by atoms with van der Waals surface area (Å²) in [4.78, 5) is 21.5. The summed E-state index contributed by atoms with van der Waals surface area (Å²) in [6, 6.07) is 0. The van der Waals surface area contributed by atoms with Crippen molar-refractivity contribution in [3.8, 4) is 0 Å². The molecular weight excluding hydrogens is 370 g/mol. The minimum atomic E-state index is -2.56. The van der Waals surface area contributed by atoms with E-state index in [0.29, 0.717) is 28.2 Å². The fourth-order valence-corrected chi connectivity index (χ4v) is 4.76. The SMILES string of the molecule is CC1=CC(=NCC2CC2(F)F)C=C2N=C(CSC3CCNCC3)NC(=O)C12. The molecule has 0 aromatic rings. The number of thioether (sulfide) groups is 1. The van der Waals surface area contributed by atoms with Crippen molar-refractivity contribution in [3.05, 3.63) is 23.4 Å². The number of carbonyl (C=O) groups excluding carboxylic acids is 1. The van der Waals surface area contributed by atoms with Gasteiger partial charge >= 0.3 is 0 Å². The molecule has 1 amide bonds. The molecule has 146 valence electrons. The van der Waals surface area contributed by atoms with E-state index in [1.165, 1.54) is 0 Å². The number of nitrogens with one attached hydrogen (secondary N) is 2. The first-order valence-electron chi connectivity index (χ1n) is 9.45. The Morgan fingerprint density at radius 1 is 1.33 bits per heavy atom. The first-order chi connectivity index (χ1) is 12.9. The molecule has 2 aliphatic carbocycles. The third-order valence-electron chi connectivity index (χ3n) is 5.41. The number of carbonyl (C=O) groups is 1. The largest absolute Gasteiger partial charge is 0.317 e. The van der Waals surface area contributed by atoms with Gasteiger partial charge in [-0.2, -0.15) is 11.8 Å². The van der Waals surface area contributed by atoms with Crippen LogP contribution >= 0.6 is 11.8 Å². The third kappa shape index (κ3) is 4.32. The quantitative estimate of drug-likeness (QED) is 0.753. The van der Waals surface area contributed by atoms with Gasteiger partial charge in [-0.25, -0.2) is 13.8 Å². The number of fused-ring (bicyclic) bond motifs is 1. The highest BCUT2D eigenvalue weighted by molar-refractivity contribution is 8.00. The van der Waals surface area contributed by atoms with Crippen LogP contribution in [0.2, 0.25) is 0 Å². The Balaban J connectivity index is 1.45. The maximum Gasteiger partial charge on any atom is 0.253 e. The van der Waals surface area contributed by atoms with Crippen molar-refractivity contribution in [2.45, 2.75) is 37.4 Å². The summed E-state index contributed by atoms with van der Waals surface area (Å²) >= 11 is 1.83. The molecule has 0 bridgehead atoms. The summed E-state index contributed by atoms with van der Waals surface area (Å²) in [7, 11) is 0. The van der Waals surface area contributed by atoms with E-state index in [-0.39, 0.29) is 18.9 Å². The highest BCUT2D eigenvalue weighted by Gasteiger charge is 2.56. The van der Waals surface area contributed by atoms with E-state index in [1.807, 2.05) is 18.7 Å². The Hall–Kier alpha value is -1.54. The number of rotatable bonds is 5. The predicted molar refractivity (Wildman–Crippen MR) is 105 cm³/mol. The van der Waals surface area contributed by atoms with Crippen LogP contribution in [0.4, 0.5) is 8.78 Å². The Morgan fingerprint density at radius 2 is 2.07 bits per heavy atom. The second-order valence-electron chi connectivity index (χ2n) is 7.63. The lowest BCUT2D eigenvalue weighted by Gasteiger charge is -2.28. The number of halogens is 2. The normalized spacial score (nSPS) is 31.6. The van der Waals surface area contributed by atoms with Crippen LogP contribution in [0.3, 0.4) is 0 Å². The number of hydrogen-bond donors (Lipinski definition) is 2. The van der Waals surface area contributed by atoms with Gasteiger partial charge in [0.1, 0.15) is 11.8 Å². The zero-order chi connectivity index (χ0) is 19.0. The number of nitrogens with zero attached hydrogens (tertiary/aromatic N) is 2. The summed E-state index contributed by atoms with van der Waals surface area (Å²) in [5.74, 6) is -2.34. The number of amidine groups is 1. The molecule has 2 atom stereocenters. The van der Waals surface area contributed by atoms with Gasteiger partial charge < -0.3 is 10.6 Å². The van der Waals surface area contributed by atoms with Gasteiger partial charge in [-0.3, -0.25) is 9.79 Å². The summed E-state index contributed by atoms with van der Waals surface area (Å²) < 4.78 is 26.1. The zero-order valence-electron chi connectivity index (χ0n) is 15.3. The molecular formula is C19H24F2N4OS. The van der Waals surface area contributed by atoms with E-state index in [1.54, 1.807) is 12.2 Å². The Labute approximate surface area is 161 Å². The molecule has 8 heteroatoms. The fraction of sp³-hybridized carbons (Fsp3) is 0.632. The number of allylic oxidation sites excluding steroid dienone is 2. The fourth-order valence-electron chi connectivity index (χ4n) is 3.66. The predicted octanol–water partition coefficient (Wildman–Crippen LogP) is 2.56. The van der Waals surface area contributed by atoms with Gasteiger partial charge in [0.2, 0.25) is 5.91 Å². The molecule has 2 fully saturated rings. The molecule has 4 rings (SSSR count). The van der Waals surface area contributed by atoms with Crippen LogP contribution in [0.15, 0.2) is 33.4 Å². The standard InChI is InChI=1S/C19H24F2N4OS/c1-11-6-13(23-9-12-8-19(12,20)21)7-15-17(11)18(26)25-16(24-15)10-27-14-2-4-22-5-3-14/h6-7,12,14,17,22H,2-5,8-10H2,1H3,(H,24,25,26). The van der Waals surface area contributed by atoms with Gasteiger partial charge in [0.25, 0.3) is 5.92 Å². The van der Waals surface area contributed by atoms with Crippen molar-refractivity contribution < 1.29 is 13.6 Å². The maximum absolute atomic E-state index is 13.1. The number of aliphatic imine (C=N–C) groups is 2. The summed E-state index contributed by atoms with van der Waals surface area (Å²) in [5, 5.41) is 6.86. The monoisotopic (exact) mass is 394 g/mol. The maximum atomic E-state index is 13.1. The Morgan fingerprint density at radius 3 is 2.78 bits per heavy atom. The summed E-state index contributed by atoms with van der Waals surface area (Å²) in [6.45, 7) is 4.05. The van der Waals surface area contributed by atoms with Crippen molar-refractivity contribution in [1.29, 1.82) is 0 Å². The van der Waals surface area contributed by atoms with Crippen molar-refractivity contribution in [1.82, 2.24) is 10.6 Å². The van der Waals surface area contributed by atoms with Crippen molar-refractivity contribution >= 4 is 29.2 Å². The number of alkyl halides is 2. The van der Waals surface area contributed by atoms with E-state index in [4.69, 9.17) is 0 Å². The Kier molecular flexibility index (Phi) is 5.20. The van der Waals surface area contributed by atoms with E-state index < -0.39 is 17.8 Å². The summed E-state index contributed by atoms with van der Waals surface area (Å²) in [5.41, 5.74) is 2.14. The second kappa shape index (κ2) is 7.47. The van der Waals surface area contributed by atoms with Crippen LogP contribution in [0.1, 0.15) is 26.2 Å². The molecule has 4 aliphatic rings. The van der Waals surface area contributed by atoms with Crippen molar-refractivity contribution in [2.24, 2.45) is 21.8 Å². The van der Waals surface area contributed by atoms with Crippen LogP contribution in [-0.2, 0) is 4.79 Å². The molecule has 0 aromatic heterocycles. The zero-order valence-corrected chi connectivity index (χ0v) is 16.1. The average Bonchev–Trinajstić information content (AvgIpc) is 3.25. The molecule has 2 heterocycles. The highest BCUT2D eigenvalue weighted by atomic mass is 32.2. The number of amides is 1. The third-order valence-corrected chi connectivity index (χ3v) is 6.79. The van der Waals surface area contributed by atoms with Crippen molar-refractivity contribution in [2.75, 3.05) is 25.4 Å². The lowest BCUT2D eigenvalue weighted by atomic mass is 9.88. The van der Waals surface area contributed by atoms with Gasteiger partial charge in [-0.05, 0) is 45.0 Å². The molecule has 0 spiro atoms. The average molecular weight is 394 g/mol. The molecule has 2 unspecified atom stereocenters. The lowest BCUT2D eigenvalue weighted by molar-refractivity contribution is -0.121. The topological polar surface area (TPSA) is 65.8 Å². The molecule has 0 radical (unpaired) electrons. The van der Waals surface area contributed by atoms with Gasteiger partial charge in [0.15, 0.2) is 0 Å². The van der Waals surface area contributed by atoms with E-state index >= 15 is 0 Å². The van der Waals surface area contributed by atoms with Crippen LogP contribution < -0.4 is 10.6 Å². The second-order valence-corrected chi connectivity index (χ2v) is 8.91. The van der Waals surface area contributed by atoms with Gasteiger partial charge in [0.05, 0.1) is 17.2 Å². The minimum absolute atomic E-state index is 0.0707. The minimum Gasteiger partial charge on any atom is -0.317 e. The van der Waals surface area contributed by atoms with Crippen LogP contribution in [0, 0.1) is 11.8 Å². The molecule has 27 heavy (non-hydrogen) atoms. The van der Waals surface area contributed by atoms with E-state index in [2.05, 4.69) is 20.6 Å². The highest BCUT2D eigenvalue weighted by Crippen LogP contribution is 2.48. The van der Waals surface area contributed by atoms with E-state index in [0.717, 1.165) is 31.5 Å². The van der Waals surface area contributed by atoms with Gasteiger partial charge in [-0.1, -0.05) is 5.57 Å². The molecule has 2 aliphatic heterocycles. The van der Waals surface area contributed by atoms with Crippen molar-refractivity contribution in [3.63, 3.8) is 0 Å². The van der Waals surface area contributed by atoms with Gasteiger partial charge in [0, 0.05) is 24.1 Å². The Bertz CT molecular complexity index is 753. The smallest absolute Gasteiger partial charge is 0.253 e. The first-order valence-corrected chi connectivity index (χ1v) is 10.5. The molecule has 0 aromatic carbocycles.